The van der Waals surface area contributed by atoms with Gasteiger partial charge in [-0.2, -0.15) is 4.98 Å². The van der Waals surface area contributed by atoms with Crippen LogP contribution in [-0.4, -0.2) is 36.1 Å². The summed E-state index contributed by atoms with van der Waals surface area (Å²) in [5, 5.41) is 3.35. The highest BCUT2D eigenvalue weighted by Gasteiger charge is 2.15. The molecule has 21 heavy (non-hydrogen) atoms. The Morgan fingerprint density at radius 3 is 2.71 bits per heavy atom. The van der Waals surface area contributed by atoms with E-state index < -0.39 is 0 Å². The zero-order valence-corrected chi connectivity index (χ0v) is 12.2. The summed E-state index contributed by atoms with van der Waals surface area (Å²) in [7, 11) is 0. The van der Waals surface area contributed by atoms with Crippen LogP contribution in [0.4, 0.5) is 5.82 Å². The minimum atomic E-state index is 0.443. The minimum absolute atomic E-state index is 0.443. The van der Waals surface area contributed by atoms with Gasteiger partial charge in [0.2, 0.25) is 0 Å². The molecular weight excluding hydrogens is 264 g/mol. The van der Waals surface area contributed by atoms with Crippen molar-refractivity contribution in [2.24, 2.45) is 0 Å². The Bertz CT molecular complexity index is 582. The van der Waals surface area contributed by atoms with Crippen molar-refractivity contribution in [1.82, 2.24) is 15.3 Å². The highest BCUT2D eigenvalue weighted by molar-refractivity contribution is 5.46. The van der Waals surface area contributed by atoms with Crippen LogP contribution in [0.1, 0.15) is 11.1 Å². The Labute approximate surface area is 125 Å². The van der Waals surface area contributed by atoms with Crippen LogP contribution in [0.15, 0.2) is 36.5 Å². The topological polar surface area (TPSA) is 50.3 Å². The van der Waals surface area contributed by atoms with Crippen molar-refractivity contribution in [3.05, 3.63) is 47.7 Å². The van der Waals surface area contributed by atoms with Crippen molar-refractivity contribution in [2.75, 3.05) is 31.1 Å². The van der Waals surface area contributed by atoms with Crippen LogP contribution in [0.3, 0.4) is 0 Å². The molecule has 5 nitrogen and oxygen atoms in total. The van der Waals surface area contributed by atoms with Gasteiger partial charge in [0.25, 0.3) is 0 Å². The molecular formula is C16H20N4O. The molecule has 1 fully saturated rings. The van der Waals surface area contributed by atoms with Gasteiger partial charge in [-0.05, 0) is 12.5 Å². The second-order valence-corrected chi connectivity index (χ2v) is 5.17. The summed E-state index contributed by atoms with van der Waals surface area (Å²) < 4.78 is 5.71. The van der Waals surface area contributed by atoms with E-state index in [0.717, 1.165) is 43.1 Å². The molecule has 5 heteroatoms. The maximum absolute atomic E-state index is 5.71. The number of hydrogen-bond donors (Lipinski definition) is 1. The SMILES string of the molecule is Cc1cnc(OCc2ccccc2)nc1N1CCNCC1. The van der Waals surface area contributed by atoms with E-state index in [0.29, 0.717) is 12.6 Å². The Balaban J connectivity index is 1.71. The van der Waals surface area contributed by atoms with Gasteiger partial charge >= 0.3 is 6.01 Å². The van der Waals surface area contributed by atoms with Gasteiger partial charge in [0, 0.05) is 37.9 Å². The molecule has 0 atom stereocenters. The van der Waals surface area contributed by atoms with Gasteiger partial charge in [0.15, 0.2) is 0 Å². The standard InChI is InChI=1S/C16H20N4O/c1-13-11-18-16(21-12-14-5-3-2-4-6-14)19-15(13)20-9-7-17-8-10-20/h2-6,11,17H,7-10,12H2,1H3. The summed E-state index contributed by atoms with van der Waals surface area (Å²) in [5.74, 6) is 0.981. The van der Waals surface area contributed by atoms with Gasteiger partial charge in [0.1, 0.15) is 12.4 Å². The molecule has 1 saturated heterocycles. The van der Waals surface area contributed by atoms with Gasteiger partial charge in [0.05, 0.1) is 0 Å². The van der Waals surface area contributed by atoms with Crippen molar-refractivity contribution in [3.8, 4) is 6.01 Å². The number of anilines is 1. The fraction of sp³-hybridized carbons (Fsp3) is 0.375. The molecule has 0 amide bonds. The Morgan fingerprint density at radius 2 is 1.95 bits per heavy atom. The van der Waals surface area contributed by atoms with E-state index in [4.69, 9.17) is 4.74 Å². The molecule has 0 bridgehead atoms. The molecule has 0 spiro atoms. The molecule has 0 aliphatic carbocycles. The Kier molecular flexibility index (Phi) is 4.31. The molecule has 2 aromatic rings. The first-order valence-corrected chi connectivity index (χ1v) is 7.29. The van der Waals surface area contributed by atoms with Crippen molar-refractivity contribution in [2.45, 2.75) is 13.5 Å². The number of piperazine rings is 1. The molecule has 1 aromatic carbocycles. The normalized spacial score (nSPS) is 15.0. The predicted molar refractivity (Wildman–Crippen MR) is 82.6 cm³/mol. The zero-order chi connectivity index (χ0) is 14.5. The monoisotopic (exact) mass is 284 g/mol. The van der Waals surface area contributed by atoms with E-state index in [1.807, 2.05) is 43.5 Å². The molecule has 110 valence electrons. The molecule has 1 aliphatic rings. The number of nitrogens with one attached hydrogen (secondary N) is 1. The third-order valence-corrected chi connectivity index (χ3v) is 3.55. The van der Waals surface area contributed by atoms with Crippen molar-refractivity contribution >= 4 is 5.82 Å². The van der Waals surface area contributed by atoms with Gasteiger partial charge in [-0.25, -0.2) is 4.98 Å². The third kappa shape index (κ3) is 3.49. The van der Waals surface area contributed by atoms with Crippen LogP contribution in [-0.2, 0) is 6.61 Å². The molecule has 0 saturated carbocycles. The van der Waals surface area contributed by atoms with Crippen molar-refractivity contribution < 1.29 is 4.74 Å². The molecule has 1 N–H and O–H groups in total. The number of ether oxygens (including phenoxy) is 1. The van der Waals surface area contributed by atoms with Gasteiger partial charge < -0.3 is 15.0 Å². The van der Waals surface area contributed by atoms with Crippen LogP contribution in [0.25, 0.3) is 0 Å². The number of aromatic nitrogens is 2. The molecule has 0 radical (unpaired) electrons. The highest BCUT2D eigenvalue weighted by atomic mass is 16.5. The lowest BCUT2D eigenvalue weighted by atomic mass is 10.2. The van der Waals surface area contributed by atoms with E-state index in [1.165, 1.54) is 0 Å². The van der Waals surface area contributed by atoms with Crippen molar-refractivity contribution in [1.29, 1.82) is 0 Å². The Morgan fingerprint density at radius 1 is 1.19 bits per heavy atom. The Hall–Kier alpha value is -2.14. The quantitative estimate of drug-likeness (QED) is 0.927. The van der Waals surface area contributed by atoms with Crippen LogP contribution in [0.2, 0.25) is 0 Å². The second-order valence-electron chi connectivity index (χ2n) is 5.17. The maximum Gasteiger partial charge on any atom is 0.318 e. The number of benzene rings is 1. The maximum atomic E-state index is 5.71. The summed E-state index contributed by atoms with van der Waals surface area (Å²) in [6.07, 6.45) is 1.84. The van der Waals surface area contributed by atoms with Gasteiger partial charge in [-0.15, -0.1) is 0 Å². The number of aryl methyl sites for hydroxylation is 1. The average molecular weight is 284 g/mol. The number of nitrogens with zero attached hydrogens (tertiary/aromatic N) is 3. The number of rotatable bonds is 4. The largest absolute Gasteiger partial charge is 0.459 e. The molecule has 2 heterocycles. The van der Waals surface area contributed by atoms with E-state index in [2.05, 4.69) is 20.2 Å². The van der Waals surface area contributed by atoms with Crippen molar-refractivity contribution in [3.63, 3.8) is 0 Å². The lowest BCUT2D eigenvalue weighted by Crippen LogP contribution is -2.44. The summed E-state index contributed by atoms with van der Waals surface area (Å²) in [6.45, 7) is 6.45. The van der Waals surface area contributed by atoms with E-state index in [1.54, 1.807) is 0 Å². The average Bonchev–Trinajstić information content (AvgIpc) is 2.56. The second kappa shape index (κ2) is 6.54. The summed E-state index contributed by atoms with van der Waals surface area (Å²) in [5.41, 5.74) is 2.20. The van der Waals surface area contributed by atoms with Crippen LogP contribution in [0, 0.1) is 6.92 Å². The summed E-state index contributed by atoms with van der Waals surface area (Å²) >= 11 is 0. The predicted octanol–water partition coefficient (Wildman–Crippen LogP) is 1.77. The summed E-state index contributed by atoms with van der Waals surface area (Å²) in [4.78, 5) is 11.1. The molecule has 3 rings (SSSR count). The van der Waals surface area contributed by atoms with Gasteiger partial charge in [-0.1, -0.05) is 30.3 Å². The molecule has 1 aromatic heterocycles. The first-order chi connectivity index (χ1) is 10.3. The number of hydrogen-bond acceptors (Lipinski definition) is 5. The lowest BCUT2D eigenvalue weighted by molar-refractivity contribution is 0.280. The first-order valence-electron chi connectivity index (χ1n) is 7.29. The molecule has 1 aliphatic heterocycles. The zero-order valence-electron chi connectivity index (χ0n) is 12.2. The van der Waals surface area contributed by atoms with Crippen LogP contribution < -0.4 is 15.0 Å². The first kappa shape index (κ1) is 13.8. The van der Waals surface area contributed by atoms with E-state index in [-0.39, 0.29) is 0 Å². The van der Waals surface area contributed by atoms with Crippen LogP contribution >= 0.6 is 0 Å². The van der Waals surface area contributed by atoms with Crippen LogP contribution in [0.5, 0.6) is 6.01 Å². The minimum Gasteiger partial charge on any atom is -0.459 e. The van der Waals surface area contributed by atoms with Gasteiger partial charge in [-0.3, -0.25) is 0 Å². The fourth-order valence-electron chi connectivity index (χ4n) is 2.41. The smallest absolute Gasteiger partial charge is 0.318 e. The lowest BCUT2D eigenvalue weighted by Gasteiger charge is -2.29. The van der Waals surface area contributed by atoms with E-state index >= 15 is 0 Å². The highest BCUT2D eigenvalue weighted by Crippen LogP contribution is 2.19. The fourth-order valence-corrected chi connectivity index (χ4v) is 2.41. The molecule has 0 unspecified atom stereocenters. The summed E-state index contributed by atoms with van der Waals surface area (Å²) in [6, 6.07) is 10.5. The van der Waals surface area contributed by atoms with E-state index in [9.17, 15) is 0 Å². The third-order valence-electron chi connectivity index (χ3n) is 3.55.